The number of hydrogen-bond acceptors (Lipinski definition) is 5. The van der Waals surface area contributed by atoms with E-state index in [2.05, 4.69) is 10.2 Å². The Morgan fingerprint density at radius 2 is 1.81 bits per heavy atom. The molecule has 2 N–H and O–H groups in total. The van der Waals surface area contributed by atoms with Gasteiger partial charge in [-0.2, -0.15) is 0 Å². The zero-order chi connectivity index (χ0) is 19.0. The first kappa shape index (κ1) is 18.0. The maximum absolute atomic E-state index is 12.8. The molecule has 3 heterocycles. The maximum atomic E-state index is 12.8. The average Bonchev–Trinajstić information content (AvgIpc) is 2.93. The number of urea groups is 1. The number of nitro benzene ring substituents is 1. The Morgan fingerprint density at radius 3 is 2.44 bits per heavy atom. The second-order valence-electron chi connectivity index (χ2n) is 7.93. The monoisotopic (exact) mass is 374 g/mol. The predicted octanol–water partition coefficient (Wildman–Crippen LogP) is 2.26. The van der Waals surface area contributed by atoms with Crippen LogP contribution < -0.4 is 10.2 Å². The molecule has 1 aromatic carbocycles. The molecule has 3 atom stereocenters. The summed E-state index contributed by atoms with van der Waals surface area (Å²) in [6.07, 6.45) is 4.95. The summed E-state index contributed by atoms with van der Waals surface area (Å²) in [6, 6.07) is 6.96. The number of nitrogens with one attached hydrogen (secondary N) is 1. The quantitative estimate of drug-likeness (QED) is 0.625. The van der Waals surface area contributed by atoms with Gasteiger partial charge in [0.25, 0.3) is 5.69 Å². The number of nitrogens with zero attached hydrogens (tertiary/aromatic N) is 3. The molecule has 0 saturated carbocycles. The van der Waals surface area contributed by atoms with Gasteiger partial charge in [0.05, 0.1) is 11.0 Å². The highest BCUT2D eigenvalue weighted by molar-refractivity contribution is 5.76. The summed E-state index contributed by atoms with van der Waals surface area (Å²) in [6.45, 7) is 1.58. The maximum Gasteiger partial charge on any atom is 0.318 e. The third kappa shape index (κ3) is 3.71. The van der Waals surface area contributed by atoms with Gasteiger partial charge in [-0.15, -0.1) is 0 Å². The van der Waals surface area contributed by atoms with Gasteiger partial charge >= 0.3 is 6.03 Å². The van der Waals surface area contributed by atoms with Crippen molar-refractivity contribution >= 4 is 17.4 Å². The van der Waals surface area contributed by atoms with Crippen LogP contribution >= 0.6 is 0 Å². The van der Waals surface area contributed by atoms with Crippen molar-refractivity contribution in [3.63, 3.8) is 0 Å². The van der Waals surface area contributed by atoms with Gasteiger partial charge in [0.2, 0.25) is 0 Å². The summed E-state index contributed by atoms with van der Waals surface area (Å²) in [5, 5.41) is 23.9. The van der Waals surface area contributed by atoms with E-state index in [1.54, 1.807) is 12.1 Å². The number of aliphatic hydroxyl groups excluding tert-OH is 1. The van der Waals surface area contributed by atoms with Crippen molar-refractivity contribution in [1.29, 1.82) is 0 Å². The first-order valence-corrected chi connectivity index (χ1v) is 9.77. The topological polar surface area (TPSA) is 99.0 Å². The molecule has 8 heteroatoms. The van der Waals surface area contributed by atoms with E-state index < -0.39 is 4.92 Å². The van der Waals surface area contributed by atoms with Gasteiger partial charge in [-0.25, -0.2) is 4.79 Å². The first-order valence-electron chi connectivity index (χ1n) is 9.77. The number of piperidine rings is 2. The fraction of sp³-hybridized carbons (Fsp3) is 0.632. The molecule has 2 amide bonds. The predicted molar refractivity (Wildman–Crippen MR) is 101 cm³/mol. The number of aliphatic hydroxyl groups is 1. The molecule has 3 aliphatic rings. The van der Waals surface area contributed by atoms with Crippen LogP contribution in [0.25, 0.3) is 0 Å². The Balaban J connectivity index is 1.37. The number of non-ortho nitro benzene ring substituents is 1. The Kier molecular flexibility index (Phi) is 4.90. The van der Waals surface area contributed by atoms with E-state index in [-0.39, 0.29) is 35.9 Å². The minimum absolute atomic E-state index is 0.00931. The highest BCUT2D eigenvalue weighted by Gasteiger charge is 2.43. The van der Waals surface area contributed by atoms with Crippen LogP contribution in [0.5, 0.6) is 0 Å². The summed E-state index contributed by atoms with van der Waals surface area (Å²) < 4.78 is 0. The number of benzene rings is 1. The molecule has 3 aliphatic heterocycles. The summed E-state index contributed by atoms with van der Waals surface area (Å²) in [4.78, 5) is 27.4. The Labute approximate surface area is 158 Å². The van der Waals surface area contributed by atoms with Crippen molar-refractivity contribution in [1.82, 2.24) is 10.2 Å². The number of carbonyl (C=O) groups is 1. The highest BCUT2D eigenvalue weighted by Crippen LogP contribution is 2.35. The number of rotatable bonds is 3. The van der Waals surface area contributed by atoms with Gasteiger partial charge in [0.15, 0.2) is 0 Å². The highest BCUT2D eigenvalue weighted by atomic mass is 16.6. The van der Waals surface area contributed by atoms with E-state index in [1.165, 1.54) is 12.1 Å². The normalized spacial score (nSPS) is 30.3. The number of fused-ring (bicyclic) bond motifs is 2. The summed E-state index contributed by atoms with van der Waals surface area (Å²) in [5.41, 5.74) is 1.03. The Bertz CT molecular complexity index is 696. The fourth-order valence-electron chi connectivity index (χ4n) is 4.84. The lowest BCUT2D eigenvalue weighted by atomic mass is 10.00. The minimum atomic E-state index is -0.396. The molecule has 146 valence electrons. The zero-order valence-electron chi connectivity index (χ0n) is 15.3. The van der Waals surface area contributed by atoms with Crippen molar-refractivity contribution in [3.05, 3.63) is 34.4 Å². The molecule has 1 aromatic rings. The number of hydrogen-bond donors (Lipinski definition) is 2. The molecule has 0 radical (unpaired) electrons. The lowest BCUT2D eigenvalue weighted by Gasteiger charge is -2.40. The number of nitro groups is 1. The molecule has 3 fully saturated rings. The molecule has 3 saturated heterocycles. The number of amides is 2. The smallest absolute Gasteiger partial charge is 0.318 e. The largest absolute Gasteiger partial charge is 0.393 e. The van der Waals surface area contributed by atoms with E-state index >= 15 is 0 Å². The van der Waals surface area contributed by atoms with E-state index in [0.29, 0.717) is 19.4 Å². The Morgan fingerprint density at radius 1 is 1.15 bits per heavy atom. The van der Waals surface area contributed by atoms with Crippen LogP contribution in [0.1, 0.15) is 38.5 Å². The molecule has 0 aliphatic carbocycles. The van der Waals surface area contributed by atoms with Crippen LogP contribution in [-0.4, -0.2) is 58.3 Å². The molecule has 2 unspecified atom stereocenters. The van der Waals surface area contributed by atoms with Gasteiger partial charge in [-0.1, -0.05) is 0 Å². The SMILES string of the molecule is O=C(N[C@H]1CCCN(c2ccc([N+](=O)[O-])cc2)C1)N1C2CCC1CC(O)C2. The second kappa shape index (κ2) is 7.34. The van der Waals surface area contributed by atoms with Crippen molar-refractivity contribution in [2.75, 3.05) is 18.0 Å². The van der Waals surface area contributed by atoms with E-state index in [1.807, 2.05) is 4.90 Å². The van der Waals surface area contributed by atoms with Crippen molar-refractivity contribution in [2.24, 2.45) is 0 Å². The van der Waals surface area contributed by atoms with Gasteiger partial charge in [0, 0.05) is 49.0 Å². The molecule has 27 heavy (non-hydrogen) atoms. The molecule has 0 aromatic heterocycles. The van der Waals surface area contributed by atoms with Crippen LogP contribution in [0.4, 0.5) is 16.2 Å². The van der Waals surface area contributed by atoms with Gasteiger partial charge < -0.3 is 20.2 Å². The van der Waals surface area contributed by atoms with Crippen LogP contribution in [0, 0.1) is 10.1 Å². The lowest BCUT2D eigenvalue weighted by molar-refractivity contribution is -0.384. The van der Waals surface area contributed by atoms with Gasteiger partial charge in [-0.3, -0.25) is 10.1 Å². The Hall–Kier alpha value is -2.35. The molecule has 0 spiro atoms. The third-order valence-corrected chi connectivity index (χ3v) is 6.12. The average molecular weight is 374 g/mol. The van der Waals surface area contributed by atoms with Crippen molar-refractivity contribution in [2.45, 2.75) is 62.8 Å². The third-order valence-electron chi connectivity index (χ3n) is 6.12. The van der Waals surface area contributed by atoms with Gasteiger partial charge in [0.1, 0.15) is 0 Å². The summed E-state index contributed by atoms with van der Waals surface area (Å²) in [7, 11) is 0. The van der Waals surface area contributed by atoms with E-state index in [9.17, 15) is 20.0 Å². The van der Waals surface area contributed by atoms with E-state index in [0.717, 1.165) is 37.9 Å². The van der Waals surface area contributed by atoms with Gasteiger partial charge in [-0.05, 0) is 50.7 Å². The second-order valence-corrected chi connectivity index (χ2v) is 7.93. The molecule has 2 bridgehead atoms. The first-order chi connectivity index (χ1) is 13.0. The molecule has 8 nitrogen and oxygen atoms in total. The molecular weight excluding hydrogens is 348 g/mol. The molecule has 4 rings (SSSR count). The zero-order valence-corrected chi connectivity index (χ0v) is 15.3. The van der Waals surface area contributed by atoms with Crippen LogP contribution in [0.15, 0.2) is 24.3 Å². The number of anilines is 1. The minimum Gasteiger partial charge on any atom is -0.393 e. The number of carbonyl (C=O) groups excluding carboxylic acids is 1. The van der Waals surface area contributed by atoms with Crippen LogP contribution in [0.2, 0.25) is 0 Å². The molecular formula is C19H26N4O4. The van der Waals surface area contributed by atoms with Crippen molar-refractivity contribution in [3.8, 4) is 0 Å². The van der Waals surface area contributed by atoms with Crippen molar-refractivity contribution < 1.29 is 14.8 Å². The lowest BCUT2D eigenvalue weighted by Crippen LogP contribution is -2.56. The standard InChI is InChI=1S/C19H26N4O4/c24-18-10-16-7-8-17(11-18)22(16)19(25)20-13-2-1-9-21(12-13)14-3-5-15(6-4-14)23(26)27/h3-6,13,16-18,24H,1-2,7-12H2,(H,20,25)/t13-,16?,17?,18?/m0/s1. The summed E-state index contributed by atoms with van der Waals surface area (Å²) in [5.74, 6) is 0. The summed E-state index contributed by atoms with van der Waals surface area (Å²) >= 11 is 0. The van der Waals surface area contributed by atoms with E-state index in [4.69, 9.17) is 0 Å². The fourth-order valence-corrected chi connectivity index (χ4v) is 4.84. The van der Waals surface area contributed by atoms with Crippen LogP contribution in [-0.2, 0) is 0 Å². The van der Waals surface area contributed by atoms with Crippen LogP contribution in [0.3, 0.4) is 0 Å².